The molecule has 0 atom stereocenters. The summed E-state index contributed by atoms with van der Waals surface area (Å²) in [5.41, 5.74) is 2.53. The highest BCUT2D eigenvalue weighted by atomic mass is 32.1. The lowest BCUT2D eigenvalue weighted by molar-refractivity contribution is 0.0951. The third-order valence-electron chi connectivity index (χ3n) is 3.97. The summed E-state index contributed by atoms with van der Waals surface area (Å²) in [4.78, 5) is 12.2. The van der Waals surface area contributed by atoms with Gasteiger partial charge in [-0.25, -0.2) is 0 Å². The SMILES string of the molecule is O=C(NCc1nnc(C2CNC2)s1)c1ccc(-c2ccn[nH]2)cc1. The van der Waals surface area contributed by atoms with Gasteiger partial charge in [-0.2, -0.15) is 5.10 Å². The van der Waals surface area contributed by atoms with E-state index in [1.54, 1.807) is 29.7 Å². The Balaban J connectivity index is 1.36. The molecule has 0 aliphatic carbocycles. The van der Waals surface area contributed by atoms with Crippen LogP contribution in [0, 0.1) is 0 Å². The first-order valence-corrected chi connectivity index (χ1v) is 8.52. The van der Waals surface area contributed by atoms with E-state index in [1.807, 2.05) is 18.2 Å². The molecular weight excluding hydrogens is 324 g/mol. The number of aromatic amines is 1. The number of rotatable bonds is 5. The van der Waals surface area contributed by atoms with E-state index in [0.717, 1.165) is 34.4 Å². The molecule has 4 rings (SSSR count). The maximum atomic E-state index is 12.2. The van der Waals surface area contributed by atoms with Gasteiger partial charge in [-0.3, -0.25) is 9.89 Å². The van der Waals surface area contributed by atoms with E-state index in [1.165, 1.54) is 0 Å². The van der Waals surface area contributed by atoms with Crippen molar-refractivity contribution in [1.82, 2.24) is 31.0 Å². The van der Waals surface area contributed by atoms with Gasteiger partial charge in [0.2, 0.25) is 0 Å². The lowest BCUT2D eigenvalue weighted by Gasteiger charge is -2.23. The minimum atomic E-state index is -0.117. The molecule has 1 aliphatic heterocycles. The van der Waals surface area contributed by atoms with E-state index in [-0.39, 0.29) is 5.91 Å². The molecule has 122 valence electrons. The highest BCUT2D eigenvalue weighted by Gasteiger charge is 2.23. The summed E-state index contributed by atoms with van der Waals surface area (Å²) in [5.74, 6) is 0.357. The highest BCUT2D eigenvalue weighted by Crippen LogP contribution is 2.23. The van der Waals surface area contributed by atoms with Gasteiger partial charge >= 0.3 is 0 Å². The van der Waals surface area contributed by atoms with Crippen molar-refractivity contribution in [3.05, 3.63) is 52.1 Å². The van der Waals surface area contributed by atoms with Crippen LogP contribution in [-0.2, 0) is 6.54 Å². The van der Waals surface area contributed by atoms with Crippen molar-refractivity contribution >= 4 is 17.2 Å². The predicted octanol–water partition coefficient (Wildman–Crippen LogP) is 1.54. The zero-order valence-electron chi connectivity index (χ0n) is 12.8. The van der Waals surface area contributed by atoms with Crippen LogP contribution >= 0.6 is 11.3 Å². The van der Waals surface area contributed by atoms with Crippen molar-refractivity contribution in [2.24, 2.45) is 0 Å². The van der Waals surface area contributed by atoms with Crippen LogP contribution in [0.1, 0.15) is 26.3 Å². The summed E-state index contributed by atoms with van der Waals surface area (Å²) in [5, 5.41) is 23.2. The van der Waals surface area contributed by atoms with E-state index in [2.05, 4.69) is 31.0 Å². The molecule has 0 spiro atoms. The normalized spacial score (nSPS) is 14.3. The molecule has 3 heterocycles. The average Bonchev–Trinajstić information content (AvgIpc) is 3.23. The molecule has 0 radical (unpaired) electrons. The number of nitrogens with one attached hydrogen (secondary N) is 3. The minimum Gasteiger partial charge on any atom is -0.345 e. The lowest BCUT2D eigenvalue weighted by Crippen LogP contribution is -2.39. The van der Waals surface area contributed by atoms with Crippen molar-refractivity contribution in [2.45, 2.75) is 12.5 Å². The largest absolute Gasteiger partial charge is 0.345 e. The highest BCUT2D eigenvalue weighted by molar-refractivity contribution is 7.11. The number of carbonyl (C=O) groups excluding carboxylic acids is 1. The molecule has 1 aromatic carbocycles. The number of amides is 1. The summed E-state index contributed by atoms with van der Waals surface area (Å²) in [6.45, 7) is 2.33. The average molecular weight is 340 g/mol. The molecule has 24 heavy (non-hydrogen) atoms. The van der Waals surface area contributed by atoms with Crippen LogP contribution < -0.4 is 10.6 Å². The molecular formula is C16H16N6OS. The first-order chi connectivity index (χ1) is 11.8. The number of hydrogen-bond donors (Lipinski definition) is 3. The molecule has 0 bridgehead atoms. The lowest BCUT2D eigenvalue weighted by atomic mass is 10.1. The number of nitrogens with zero attached hydrogens (tertiary/aromatic N) is 3. The van der Waals surface area contributed by atoms with Gasteiger partial charge in [0.25, 0.3) is 5.91 Å². The van der Waals surface area contributed by atoms with E-state index < -0.39 is 0 Å². The van der Waals surface area contributed by atoms with Gasteiger partial charge in [0.15, 0.2) is 0 Å². The van der Waals surface area contributed by atoms with Gasteiger partial charge in [0.1, 0.15) is 10.0 Å². The fourth-order valence-corrected chi connectivity index (χ4v) is 3.32. The zero-order valence-corrected chi connectivity index (χ0v) is 13.6. The van der Waals surface area contributed by atoms with Crippen LogP contribution in [0.5, 0.6) is 0 Å². The Bertz CT molecular complexity index is 823. The van der Waals surface area contributed by atoms with Crippen molar-refractivity contribution in [2.75, 3.05) is 13.1 Å². The van der Waals surface area contributed by atoms with Gasteiger partial charge in [0.05, 0.1) is 12.2 Å². The molecule has 1 saturated heterocycles. The van der Waals surface area contributed by atoms with Crippen LogP contribution in [0.2, 0.25) is 0 Å². The second-order valence-electron chi connectivity index (χ2n) is 5.62. The van der Waals surface area contributed by atoms with Gasteiger partial charge < -0.3 is 10.6 Å². The maximum absolute atomic E-state index is 12.2. The molecule has 1 amide bonds. The fraction of sp³-hybridized carbons (Fsp3) is 0.250. The van der Waals surface area contributed by atoms with Gasteiger partial charge in [-0.05, 0) is 23.8 Å². The van der Waals surface area contributed by atoms with Crippen molar-refractivity contribution in [1.29, 1.82) is 0 Å². The summed E-state index contributed by atoms with van der Waals surface area (Å²) in [7, 11) is 0. The van der Waals surface area contributed by atoms with Crippen LogP contribution in [0.15, 0.2) is 36.5 Å². The van der Waals surface area contributed by atoms with Crippen LogP contribution in [0.25, 0.3) is 11.3 Å². The summed E-state index contributed by atoms with van der Waals surface area (Å²) >= 11 is 1.57. The van der Waals surface area contributed by atoms with E-state index in [9.17, 15) is 4.79 Å². The van der Waals surface area contributed by atoms with E-state index in [0.29, 0.717) is 18.0 Å². The molecule has 0 saturated carbocycles. The summed E-state index contributed by atoms with van der Waals surface area (Å²) in [6.07, 6.45) is 1.70. The number of carbonyl (C=O) groups is 1. The molecule has 7 nitrogen and oxygen atoms in total. The molecule has 1 fully saturated rings. The first kappa shape index (κ1) is 15.0. The molecule has 8 heteroatoms. The molecule has 3 aromatic rings. The molecule has 3 N–H and O–H groups in total. The predicted molar refractivity (Wildman–Crippen MR) is 90.7 cm³/mol. The quantitative estimate of drug-likeness (QED) is 0.655. The van der Waals surface area contributed by atoms with Crippen LogP contribution in [0.4, 0.5) is 0 Å². The summed E-state index contributed by atoms with van der Waals surface area (Å²) < 4.78 is 0. The number of hydrogen-bond acceptors (Lipinski definition) is 6. The van der Waals surface area contributed by atoms with Crippen molar-refractivity contribution < 1.29 is 4.79 Å². The van der Waals surface area contributed by atoms with Crippen molar-refractivity contribution in [3.63, 3.8) is 0 Å². The van der Waals surface area contributed by atoms with Gasteiger partial charge in [-0.1, -0.05) is 23.5 Å². The monoisotopic (exact) mass is 340 g/mol. The topological polar surface area (TPSA) is 95.6 Å². The third-order valence-corrected chi connectivity index (χ3v) is 5.06. The Morgan fingerprint density at radius 3 is 2.71 bits per heavy atom. The second-order valence-corrected chi connectivity index (χ2v) is 6.71. The number of aromatic nitrogens is 4. The zero-order chi connectivity index (χ0) is 16.4. The summed E-state index contributed by atoms with van der Waals surface area (Å²) in [6, 6.07) is 9.29. The Morgan fingerprint density at radius 2 is 2.04 bits per heavy atom. The Hall–Kier alpha value is -2.58. The maximum Gasteiger partial charge on any atom is 0.251 e. The number of benzene rings is 1. The van der Waals surface area contributed by atoms with Gasteiger partial charge in [0, 0.05) is 30.8 Å². The number of H-pyrrole nitrogens is 1. The van der Waals surface area contributed by atoms with Crippen LogP contribution in [0.3, 0.4) is 0 Å². The second kappa shape index (κ2) is 6.50. The molecule has 1 aliphatic rings. The van der Waals surface area contributed by atoms with E-state index in [4.69, 9.17) is 0 Å². The third kappa shape index (κ3) is 3.06. The standard InChI is InChI=1S/C16H16N6OS/c23-15(11-3-1-10(2-4-11)13-5-6-19-20-13)18-9-14-21-22-16(24-14)12-7-17-8-12/h1-6,12,17H,7-9H2,(H,18,23)(H,19,20). The molecule has 2 aromatic heterocycles. The first-order valence-electron chi connectivity index (χ1n) is 7.70. The van der Waals surface area contributed by atoms with E-state index >= 15 is 0 Å². The minimum absolute atomic E-state index is 0.117. The van der Waals surface area contributed by atoms with Gasteiger partial charge in [-0.15, -0.1) is 10.2 Å². The Morgan fingerprint density at radius 1 is 1.21 bits per heavy atom. The smallest absolute Gasteiger partial charge is 0.251 e. The molecule has 0 unspecified atom stereocenters. The Labute approximate surface area is 142 Å². The van der Waals surface area contributed by atoms with Crippen molar-refractivity contribution in [3.8, 4) is 11.3 Å². The fourth-order valence-electron chi connectivity index (χ4n) is 2.44. The van der Waals surface area contributed by atoms with Crippen LogP contribution in [-0.4, -0.2) is 39.4 Å². The Kier molecular flexibility index (Phi) is 4.06.